The quantitative estimate of drug-likeness (QED) is 0.754. The fraction of sp³-hybridized carbons (Fsp3) is 0.167. The van der Waals surface area contributed by atoms with Gasteiger partial charge in [-0.2, -0.15) is 8.78 Å². The Bertz CT molecular complexity index is 797. The van der Waals surface area contributed by atoms with Crippen LogP contribution in [-0.4, -0.2) is 31.6 Å². The van der Waals surface area contributed by atoms with Gasteiger partial charge in [0.25, 0.3) is 5.91 Å². The molecule has 1 atom stereocenters. The Morgan fingerprint density at radius 3 is 2.15 bits per heavy atom. The van der Waals surface area contributed by atoms with Gasteiger partial charge in [-0.05, 0) is 24.3 Å². The van der Waals surface area contributed by atoms with Gasteiger partial charge in [-0.3, -0.25) is 10.1 Å². The predicted octanol–water partition coefficient (Wildman–Crippen LogP) is 2.64. The number of nitrogens with one attached hydrogen (secondary N) is 2. The summed E-state index contributed by atoms with van der Waals surface area (Å²) in [7, 11) is 1.33. The summed E-state index contributed by atoms with van der Waals surface area (Å²) in [6.07, 6.45) is -1.38. The van der Waals surface area contributed by atoms with Crippen LogP contribution in [0.2, 0.25) is 0 Å². The summed E-state index contributed by atoms with van der Waals surface area (Å²) < 4.78 is 33.8. The summed E-state index contributed by atoms with van der Waals surface area (Å²) in [5, 5.41) is 4.27. The Morgan fingerprint density at radius 2 is 1.59 bits per heavy atom. The highest BCUT2D eigenvalue weighted by atomic mass is 19.3. The first-order chi connectivity index (χ1) is 12.9. The van der Waals surface area contributed by atoms with Gasteiger partial charge >= 0.3 is 18.6 Å². The normalized spacial score (nSPS) is 11.4. The molecule has 0 fully saturated rings. The molecule has 0 aliphatic heterocycles. The van der Waals surface area contributed by atoms with E-state index in [1.165, 1.54) is 31.3 Å². The first-order valence-electron chi connectivity index (χ1n) is 7.74. The summed E-state index contributed by atoms with van der Waals surface area (Å²) in [4.78, 5) is 36.0. The van der Waals surface area contributed by atoms with E-state index in [1.54, 1.807) is 30.3 Å². The molecule has 0 saturated carbocycles. The maximum Gasteiger partial charge on any atom is 0.387 e. The maximum atomic E-state index is 12.3. The number of esters is 1. The van der Waals surface area contributed by atoms with Crippen LogP contribution in [0.5, 0.6) is 5.75 Å². The van der Waals surface area contributed by atoms with Crippen LogP contribution < -0.4 is 15.4 Å². The Kier molecular flexibility index (Phi) is 6.81. The van der Waals surface area contributed by atoms with Gasteiger partial charge in [0.2, 0.25) is 6.10 Å². The van der Waals surface area contributed by atoms with Crippen LogP contribution in [0.25, 0.3) is 0 Å². The molecule has 27 heavy (non-hydrogen) atoms. The van der Waals surface area contributed by atoms with Crippen molar-refractivity contribution in [2.24, 2.45) is 0 Å². The molecule has 3 amide bonds. The number of benzene rings is 2. The number of ether oxygens (including phenoxy) is 2. The smallest absolute Gasteiger partial charge is 0.387 e. The van der Waals surface area contributed by atoms with Gasteiger partial charge in [0.05, 0.1) is 5.56 Å². The lowest BCUT2D eigenvalue weighted by Gasteiger charge is -2.17. The highest BCUT2D eigenvalue weighted by Crippen LogP contribution is 2.21. The maximum absolute atomic E-state index is 12.3. The minimum absolute atomic E-state index is 0.0188. The van der Waals surface area contributed by atoms with Gasteiger partial charge < -0.3 is 14.8 Å². The van der Waals surface area contributed by atoms with Gasteiger partial charge in [-0.15, -0.1) is 0 Å². The van der Waals surface area contributed by atoms with Crippen molar-refractivity contribution in [2.45, 2.75) is 12.7 Å². The van der Waals surface area contributed by atoms with Crippen molar-refractivity contribution in [1.82, 2.24) is 10.6 Å². The van der Waals surface area contributed by atoms with Gasteiger partial charge in [0, 0.05) is 12.6 Å². The minimum atomic E-state index is -2.99. The molecule has 0 saturated heterocycles. The largest absolute Gasteiger partial charge is 0.444 e. The second kappa shape index (κ2) is 9.27. The SMILES string of the molecule is CNC(=O)NC(=O)C(OC(=O)c1ccc(OC(F)F)cc1)c1ccccc1. The van der Waals surface area contributed by atoms with Crippen LogP contribution in [0.15, 0.2) is 54.6 Å². The van der Waals surface area contributed by atoms with Crippen molar-refractivity contribution in [3.8, 4) is 5.75 Å². The van der Waals surface area contributed by atoms with Gasteiger partial charge in [0.1, 0.15) is 5.75 Å². The van der Waals surface area contributed by atoms with Crippen LogP contribution in [0, 0.1) is 0 Å². The lowest BCUT2D eigenvalue weighted by molar-refractivity contribution is -0.129. The van der Waals surface area contributed by atoms with Crippen LogP contribution >= 0.6 is 0 Å². The standard InChI is InChI=1S/C18H16F2N2O5/c1-21-18(25)22-15(23)14(11-5-3-2-4-6-11)27-16(24)12-7-9-13(10-8-12)26-17(19)20/h2-10,14,17H,1H3,(H2,21,22,23,25). The molecule has 142 valence electrons. The minimum Gasteiger partial charge on any atom is -0.444 e. The van der Waals surface area contributed by atoms with Crippen molar-refractivity contribution in [3.05, 3.63) is 65.7 Å². The van der Waals surface area contributed by atoms with Crippen molar-refractivity contribution < 1.29 is 32.6 Å². The third-order valence-electron chi connectivity index (χ3n) is 3.34. The Morgan fingerprint density at radius 1 is 0.963 bits per heavy atom. The van der Waals surface area contributed by atoms with E-state index in [0.717, 1.165) is 0 Å². The molecule has 9 heteroatoms. The molecule has 2 aromatic rings. The fourth-order valence-corrected chi connectivity index (χ4v) is 2.09. The zero-order valence-corrected chi connectivity index (χ0v) is 14.1. The molecule has 0 aromatic heterocycles. The fourth-order valence-electron chi connectivity index (χ4n) is 2.09. The lowest BCUT2D eigenvalue weighted by atomic mass is 10.1. The number of alkyl halides is 2. The summed E-state index contributed by atoms with van der Waals surface area (Å²) in [6.45, 7) is -2.99. The number of carbonyl (C=O) groups is 3. The summed E-state index contributed by atoms with van der Waals surface area (Å²) in [6, 6.07) is 12.1. The van der Waals surface area contributed by atoms with Crippen molar-refractivity contribution >= 4 is 17.9 Å². The van der Waals surface area contributed by atoms with Crippen molar-refractivity contribution in [3.63, 3.8) is 0 Å². The summed E-state index contributed by atoms with van der Waals surface area (Å²) >= 11 is 0. The third kappa shape index (κ3) is 5.77. The number of carbonyl (C=O) groups excluding carboxylic acids is 3. The van der Waals surface area contributed by atoms with E-state index in [4.69, 9.17) is 4.74 Å². The summed E-state index contributed by atoms with van der Waals surface area (Å²) in [5.74, 6) is -1.84. The van der Waals surface area contributed by atoms with Crippen LogP contribution in [-0.2, 0) is 9.53 Å². The molecule has 1 unspecified atom stereocenters. The van der Waals surface area contributed by atoms with Crippen LogP contribution in [0.3, 0.4) is 0 Å². The van der Waals surface area contributed by atoms with Crippen LogP contribution in [0.1, 0.15) is 22.0 Å². The average molecular weight is 378 g/mol. The predicted molar refractivity (Wildman–Crippen MR) is 90.3 cm³/mol. The number of rotatable bonds is 6. The van der Waals surface area contributed by atoms with E-state index in [9.17, 15) is 23.2 Å². The Hall–Kier alpha value is -3.49. The molecular formula is C18H16F2N2O5. The molecule has 0 aliphatic rings. The summed E-state index contributed by atoms with van der Waals surface area (Å²) in [5.41, 5.74) is 0.371. The first kappa shape index (κ1) is 19.8. The first-order valence-corrected chi connectivity index (χ1v) is 7.74. The molecule has 0 heterocycles. The van der Waals surface area contributed by atoms with E-state index >= 15 is 0 Å². The number of hydrogen-bond acceptors (Lipinski definition) is 5. The topological polar surface area (TPSA) is 93.7 Å². The molecular weight excluding hydrogens is 362 g/mol. The zero-order valence-electron chi connectivity index (χ0n) is 14.1. The van der Waals surface area contributed by atoms with E-state index < -0.39 is 30.6 Å². The van der Waals surface area contributed by atoms with Gasteiger partial charge in [-0.25, -0.2) is 9.59 Å². The van der Waals surface area contributed by atoms with Gasteiger partial charge in [-0.1, -0.05) is 30.3 Å². The van der Waals surface area contributed by atoms with E-state index in [-0.39, 0.29) is 11.3 Å². The second-order valence-corrected chi connectivity index (χ2v) is 5.17. The molecule has 0 bridgehead atoms. The number of halogens is 2. The molecule has 0 radical (unpaired) electrons. The number of amides is 3. The number of urea groups is 1. The molecule has 2 aromatic carbocycles. The van der Waals surface area contributed by atoms with Crippen molar-refractivity contribution in [2.75, 3.05) is 7.05 Å². The van der Waals surface area contributed by atoms with E-state index in [1.807, 2.05) is 5.32 Å². The Labute approximate surface area is 153 Å². The highest BCUT2D eigenvalue weighted by Gasteiger charge is 2.27. The second-order valence-electron chi connectivity index (χ2n) is 5.17. The number of imide groups is 1. The molecule has 0 spiro atoms. The lowest BCUT2D eigenvalue weighted by Crippen LogP contribution is -2.41. The molecule has 2 N–H and O–H groups in total. The monoisotopic (exact) mass is 378 g/mol. The van der Waals surface area contributed by atoms with Crippen LogP contribution in [0.4, 0.5) is 13.6 Å². The van der Waals surface area contributed by atoms with Gasteiger partial charge in [0.15, 0.2) is 0 Å². The Balaban J connectivity index is 2.17. The highest BCUT2D eigenvalue weighted by molar-refractivity contribution is 5.99. The third-order valence-corrected chi connectivity index (χ3v) is 3.34. The van der Waals surface area contributed by atoms with E-state index in [0.29, 0.717) is 5.56 Å². The number of hydrogen-bond donors (Lipinski definition) is 2. The zero-order chi connectivity index (χ0) is 19.8. The van der Waals surface area contributed by atoms with E-state index in [2.05, 4.69) is 10.1 Å². The molecule has 7 nitrogen and oxygen atoms in total. The average Bonchev–Trinajstić information content (AvgIpc) is 2.66. The van der Waals surface area contributed by atoms with Crippen molar-refractivity contribution in [1.29, 1.82) is 0 Å². The molecule has 2 rings (SSSR count). The molecule has 0 aliphatic carbocycles.